The number of ether oxygens (including phenoxy) is 1. The Morgan fingerprint density at radius 1 is 1.65 bits per heavy atom. The van der Waals surface area contributed by atoms with E-state index in [1.807, 2.05) is 24.6 Å². The minimum absolute atomic E-state index is 0.179. The van der Waals surface area contributed by atoms with Gasteiger partial charge in [0.05, 0.1) is 24.5 Å². The van der Waals surface area contributed by atoms with Gasteiger partial charge in [-0.2, -0.15) is 5.10 Å². The lowest BCUT2D eigenvalue weighted by Crippen LogP contribution is -2.28. The molecule has 2 heterocycles. The van der Waals surface area contributed by atoms with Crippen LogP contribution in [0.25, 0.3) is 0 Å². The zero-order valence-corrected chi connectivity index (χ0v) is 10.2. The predicted octanol–water partition coefficient (Wildman–Crippen LogP) is 0.491. The number of aryl methyl sites for hydroxylation is 2. The number of hydrogen-bond acceptors (Lipinski definition) is 4. The summed E-state index contributed by atoms with van der Waals surface area (Å²) in [6.45, 7) is 6.23. The molecule has 6 heteroatoms. The summed E-state index contributed by atoms with van der Waals surface area (Å²) in [6.07, 6.45) is -0.469. The third-order valence-corrected chi connectivity index (χ3v) is 2.85. The van der Waals surface area contributed by atoms with Crippen molar-refractivity contribution in [2.45, 2.75) is 33.0 Å². The van der Waals surface area contributed by atoms with Gasteiger partial charge >= 0.3 is 6.09 Å². The Labute approximate surface area is 100 Å². The fourth-order valence-electron chi connectivity index (χ4n) is 2.02. The number of nitrogens with two attached hydrogens (primary N) is 1. The van der Waals surface area contributed by atoms with Crippen LogP contribution in [0.3, 0.4) is 0 Å². The summed E-state index contributed by atoms with van der Waals surface area (Å²) in [5.41, 5.74) is 7.48. The van der Waals surface area contributed by atoms with E-state index in [2.05, 4.69) is 5.10 Å². The Balaban J connectivity index is 2.08. The molecule has 2 N–H and O–H groups in total. The van der Waals surface area contributed by atoms with Crippen molar-refractivity contribution < 1.29 is 9.53 Å². The molecular formula is C11H18N4O2. The number of amides is 1. The monoisotopic (exact) mass is 238 g/mol. The molecule has 2 rings (SSSR count). The lowest BCUT2D eigenvalue weighted by molar-refractivity contribution is 0.134. The van der Waals surface area contributed by atoms with Crippen molar-refractivity contribution in [3.63, 3.8) is 0 Å². The second-order valence-corrected chi connectivity index (χ2v) is 4.21. The summed E-state index contributed by atoms with van der Waals surface area (Å²) >= 11 is 0. The average molecular weight is 238 g/mol. The van der Waals surface area contributed by atoms with E-state index in [9.17, 15) is 4.79 Å². The van der Waals surface area contributed by atoms with E-state index >= 15 is 0 Å². The molecule has 1 aromatic heterocycles. The first-order chi connectivity index (χ1) is 8.13. The van der Waals surface area contributed by atoms with Crippen LogP contribution in [-0.2, 0) is 17.8 Å². The maximum atomic E-state index is 11.6. The van der Waals surface area contributed by atoms with Gasteiger partial charge < -0.3 is 10.5 Å². The number of carbonyl (C=O) groups is 1. The number of cyclic esters (lactones) is 1. The standard InChI is InChI=1S/C11H18N4O2/c1-3-15-9(4-8(2)13-15)6-14-7-10(5-12)17-11(14)16/h4,10H,3,5-7,12H2,1-2H3. The highest BCUT2D eigenvalue weighted by Crippen LogP contribution is 2.15. The lowest BCUT2D eigenvalue weighted by Gasteiger charge is -2.13. The zero-order chi connectivity index (χ0) is 12.4. The molecule has 17 heavy (non-hydrogen) atoms. The highest BCUT2D eigenvalue weighted by atomic mass is 16.6. The summed E-state index contributed by atoms with van der Waals surface area (Å²) in [6, 6.07) is 1.99. The lowest BCUT2D eigenvalue weighted by atomic mass is 10.3. The largest absolute Gasteiger partial charge is 0.443 e. The number of rotatable bonds is 4. The molecule has 0 aliphatic carbocycles. The van der Waals surface area contributed by atoms with Gasteiger partial charge in [-0.05, 0) is 19.9 Å². The summed E-state index contributed by atoms with van der Waals surface area (Å²) in [5, 5.41) is 4.35. The van der Waals surface area contributed by atoms with E-state index < -0.39 is 0 Å². The molecule has 0 aromatic carbocycles. The van der Waals surface area contributed by atoms with Crippen LogP contribution in [0, 0.1) is 6.92 Å². The highest BCUT2D eigenvalue weighted by Gasteiger charge is 2.30. The van der Waals surface area contributed by atoms with Crippen molar-refractivity contribution in [1.82, 2.24) is 14.7 Å². The Morgan fingerprint density at radius 2 is 2.41 bits per heavy atom. The van der Waals surface area contributed by atoms with Crippen LogP contribution in [0.2, 0.25) is 0 Å². The SMILES string of the molecule is CCn1nc(C)cc1CN1CC(CN)OC1=O. The topological polar surface area (TPSA) is 73.4 Å². The summed E-state index contributed by atoms with van der Waals surface area (Å²) in [4.78, 5) is 13.2. The van der Waals surface area contributed by atoms with Gasteiger partial charge in [0.1, 0.15) is 6.10 Å². The average Bonchev–Trinajstić information content (AvgIpc) is 2.83. The van der Waals surface area contributed by atoms with Crippen molar-refractivity contribution in [1.29, 1.82) is 0 Å². The van der Waals surface area contributed by atoms with Crippen molar-refractivity contribution in [2.75, 3.05) is 13.1 Å². The van der Waals surface area contributed by atoms with E-state index in [-0.39, 0.29) is 12.2 Å². The van der Waals surface area contributed by atoms with Crippen molar-refractivity contribution >= 4 is 6.09 Å². The first kappa shape index (κ1) is 11.9. The van der Waals surface area contributed by atoms with Crippen molar-refractivity contribution in [3.05, 3.63) is 17.5 Å². The molecule has 94 valence electrons. The Hall–Kier alpha value is -1.56. The maximum Gasteiger partial charge on any atom is 0.410 e. The van der Waals surface area contributed by atoms with Crippen LogP contribution in [0.5, 0.6) is 0 Å². The summed E-state index contributed by atoms with van der Waals surface area (Å²) < 4.78 is 7.01. The third-order valence-electron chi connectivity index (χ3n) is 2.85. The van der Waals surface area contributed by atoms with E-state index in [4.69, 9.17) is 10.5 Å². The third kappa shape index (κ3) is 2.41. The molecule has 0 radical (unpaired) electrons. The molecule has 6 nitrogen and oxygen atoms in total. The Kier molecular flexibility index (Phi) is 3.33. The molecule has 1 fully saturated rings. The van der Waals surface area contributed by atoms with Crippen LogP contribution in [0.4, 0.5) is 4.79 Å². The second-order valence-electron chi connectivity index (χ2n) is 4.21. The molecule has 0 spiro atoms. The number of hydrogen-bond donors (Lipinski definition) is 1. The molecule has 1 atom stereocenters. The fraction of sp³-hybridized carbons (Fsp3) is 0.636. The minimum Gasteiger partial charge on any atom is -0.443 e. The molecule has 1 aromatic rings. The number of carbonyl (C=O) groups excluding carboxylic acids is 1. The first-order valence-electron chi connectivity index (χ1n) is 5.83. The van der Waals surface area contributed by atoms with E-state index in [0.29, 0.717) is 19.6 Å². The second kappa shape index (κ2) is 4.75. The summed E-state index contributed by atoms with van der Waals surface area (Å²) in [5.74, 6) is 0. The molecule has 1 saturated heterocycles. The van der Waals surface area contributed by atoms with Gasteiger partial charge in [-0.25, -0.2) is 4.79 Å². The Morgan fingerprint density at radius 3 is 3.00 bits per heavy atom. The molecule has 1 aliphatic rings. The van der Waals surface area contributed by atoms with Gasteiger partial charge in [-0.15, -0.1) is 0 Å². The zero-order valence-electron chi connectivity index (χ0n) is 10.2. The Bertz CT molecular complexity index is 416. The van der Waals surface area contributed by atoms with Gasteiger partial charge in [0.25, 0.3) is 0 Å². The highest BCUT2D eigenvalue weighted by molar-refractivity contribution is 5.69. The van der Waals surface area contributed by atoms with Gasteiger partial charge in [0, 0.05) is 13.1 Å². The van der Waals surface area contributed by atoms with Gasteiger partial charge in [0.2, 0.25) is 0 Å². The van der Waals surface area contributed by atoms with E-state index in [1.165, 1.54) is 0 Å². The summed E-state index contributed by atoms with van der Waals surface area (Å²) in [7, 11) is 0. The van der Waals surface area contributed by atoms with E-state index in [0.717, 1.165) is 17.9 Å². The number of aromatic nitrogens is 2. The smallest absolute Gasteiger partial charge is 0.410 e. The predicted molar refractivity (Wildman–Crippen MR) is 62.4 cm³/mol. The van der Waals surface area contributed by atoms with Crippen molar-refractivity contribution in [2.24, 2.45) is 5.73 Å². The molecule has 1 amide bonds. The molecule has 0 bridgehead atoms. The van der Waals surface area contributed by atoms with Gasteiger partial charge in [-0.1, -0.05) is 0 Å². The van der Waals surface area contributed by atoms with Crippen molar-refractivity contribution in [3.8, 4) is 0 Å². The quantitative estimate of drug-likeness (QED) is 0.828. The minimum atomic E-state index is -0.290. The number of nitrogens with zero attached hydrogens (tertiary/aromatic N) is 3. The fourth-order valence-corrected chi connectivity index (χ4v) is 2.02. The van der Waals surface area contributed by atoms with Crippen LogP contribution < -0.4 is 5.73 Å². The molecule has 1 aliphatic heterocycles. The van der Waals surface area contributed by atoms with Gasteiger partial charge in [0.15, 0.2) is 0 Å². The van der Waals surface area contributed by atoms with Crippen LogP contribution in [0.15, 0.2) is 6.07 Å². The van der Waals surface area contributed by atoms with Crippen LogP contribution >= 0.6 is 0 Å². The van der Waals surface area contributed by atoms with Crippen LogP contribution in [-0.4, -0.2) is 40.0 Å². The molecule has 0 saturated carbocycles. The van der Waals surface area contributed by atoms with Crippen LogP contribution in [0.1, 0.15) is 18.3 Å². The molecular weight excluding hydrogens is 220 g/mol. The van der Waals surface area contributed by atoms with E-state index in [1.54, 1.807) is 4.90 Å². The first-order valence-corrected chi connectivity index (χ1v) is 5.83. The molecule has 1 unspecified atom stereocenters. The van der Waals surface area contributed by atoms with Gasteiger partial charge in [-0.3, -0.25) is 9.58 Å². The normalized spacial score (nSPS) is 19.8. The maximum absolute atomic E-state index is 11.6.